The van der Waals surface area contributed by atoms with E-state index in [1.54, 1.807) is 6.07 Å². The minimum Gasteiger partial charge on any atom is -0.457 e. The van der Waals surface area contributed by atoms with Crippen LogP contribution in [0.25, 0.3) is 10.8 Å². The topological polar surface area (TPSA) is 72.6 Å². The van der Waals surface area contributed by atoms with Crippen LogP contribution in [0.1, 0.15) is 65.8 Å². The van der Waals surface area contributed by atoms with Crippen LogP contribution < -0.4 is 10.6 Å². The average Bonchev–Trinajstić information content (AvgIpc) is 2.91. The fraction of sp³-hybridized carbons (Fsp3) is 0.273. The van der Waals surface area contributed by atoms with Crippen LogP contribution in [0.3, 0.4) is 0 Å². The Morgan fingerprint density at radius 2 is 1.66 bits per heavy atom. The lowest BCUT2D eigenvalue weighted by Gasteiger charge is -2.37. The van der Waals surface area contributed by atoms with Crippen molar-refractivity contribution in [2.45, 2.75) is 51.7 Å². The Kier molecular flexibility index (Phi) is 6.94. The number of hydrogen-bond acceptors (Lipinski definition) is 4. The molecule has 5 heteroatoms. The highest BCUT2D eigenvalue weighted by molar-refractivity contribution is 5.99. The number of anilines is 1. The van der Waals surface area contributed by atoms with Gasteiger partial charge in [0, 0.05) is 6.54 Å². The number of rotatable bonds is 6. The lowest BCUT2D eigenvalue weighted by atomic mass is 9.87. The van der Waals surface area contributed by atoms with E-state index in [0.29, 0.717) is 12.1 Å². The molecule has 1 unspecified atom stereocenters. The zero-order valence-corrected chi connectivity index (χ0v) is 22.2. The summed E-state index contributed by atoms with van der Waals surface area (Å²) in [5, 5.41) is 2.14. The summed E-state index contributed by atoms with van der Waals surface area (Å²) in [7, 11) is 0. The van der Waals surface area contributed by atoms with Crippen LogP contribution in [0.2, 0.25) is 0 Å². The normalized spacial score (nSPS) is 14.1. The maximum absolute atomic E-state index is 13.4. The van der Waals surface area contributed by atoms with Crippen LogP contribution in [0.4, 0.5) is 5.69 Å². The summed E-state index contributed by atoms with van der Waals surface area (Å²) < 4.78 is 5.78. The summed E-state index contributed by atoms with van der Waals surface area (Å²) in [5.74, 6) is -0.856. The first-order chi connectivity index (χ1) is 18.2. The fourth-order valence-corrected chi connectivity index (χ4v) is 5.31. The van der Waals surface area contributed by atoms with Gasteiger partial charge in [0.25, 0.3) is 0 Å². The third kappa shape index (κ3) is 5.14. The van der Waals surface area contributed by atoms with Gasteiger partial charge in [-0.3, -0.25) is 4.79 Å². The average molecular weight is 507 g/mol. The number of amides is 1. The number of nitrogens with zero attached hydrogens (tertiary/aromatic N) is 1. The molecule has 1 aliphatic heterocycles. The van der Waals surface area contributed by atoms with Crippen molar-refractivity contribution in [1.29, 1.82) is 0 Å². The Labute approximate surface area is 224 Å². The van der Waals surface area contributed by atoms with Gasteiger partial charge in [-0.15, -0.1) is 0 Å². The summed E-state index contributed by atoms with van der Waals surface area (Å²) in [6.45, 7) is 7.31. The highest BCUT2D eigenvalue weighted by Crippen LogP contribution is 2.38. The summed E-state index contributed by atoms with van der Waals surface area (Å²) in [6.07, 6.45) is 1.69. The molecule has 5 rings (SSSR count). The number of para-hydroxylation sites is 1. The lowest BCUT2D eigenvalue weighted by Crippen LogP contribution is -2.41. The van der Waals surface area contributed by atoms with Crippen molar-refractivity contribution in [3.63, 3.8) is 0 Å². The van der Waals surface area contributed by atoms with Crippen molar-refractivity contribution in [2.24, 2.45) is 5.73 Å². The van der Waals surface area contributed by atoms with Gasteiger partial charge in [0.05, 0.1) is 11.3 Å². The molecule has 1 aliphatic rings. The largest absolute Gasteiger partial charge is 0.457 e. The van der Waals surface area contributed by atoms with E-state index in [4.69, 9.17) is 10.5 Å². The van der Waals surface area contributed by atoms with Crippen LogP contribution in [-0.4, -0.2) is 18.4 Å². The highest BCUT2D eigenvalue weighted by Gasteiger charge is 2.33. The van der Waals surface area contributed by atoms with E-state index in [1.165, 1.54) is 5.56 Å². The highest BCUT2D eigenvalue weighted by atomic mass is 16.5. The Morgan fingerprint density at radius 1 is 0.921 bits per heavy atom. The molecule has 0 aromatic heterocycles. The molecule has 4 aromatic carbocycles. The van der Waals surface area contributed by atoms with E-state index < -0.39 is 17.9 Å². The Hall–Kier alpha value is -4.12. The molecule has 0 radical (unpaired) electrons. The standard InChI is InChI=1S/C33H34N2O3/c1-33(2,3)27-17-13-22(14-18-27)21-38-32(37)28-12-6-10-24-11-7-19-35(29(24)28)30(31(34)36)26-16-15-23-8-4-5-9-25(23)20-26/h4-6,8-10,12-18,20,30H,7,11,19,21H2,1-3H3,(H2,34,36). The molecular formula is C33H34N2O3. The predicted octanol–water partition coefficient (Wildman–Crippen LogP) is 6.47. The molecule has 0 fully saturated rings. The number of hydrogen-bond donors (Lipinski definition) is 1. The van der Waals surface area contributed by atoms with E-state index in [1.807, 2.05) is 71.6 Å². The third-order valence-electron chi connectivity index (χ3n) is 7.33. The number of ether oxygens (including phenoxy) is 1. The first kappa shape index (κ1) is 25.5. The molecule has 1 atom stereocenters. The van der Waals surface area contributed by atoms with Gasteiger partial charge in [-0.25, -0.2) is 4.79 Å². The molecule has 4 aromatic rings. The summed E-state index contributed by atoms with van der Waals surface area (Å²) >= 11 is 0. The van der Waals surface area contributed by atoms with Gasteiger partial charge in [-0.05, 0) is 63.4 Å². The lowest BCUT2D eigenvalue weighted by molar-refractivity contribution is -0.119. The molecule has 2 N–H and O–H groups in total. The van der Waals surface area contributed by atoms with Crippen molar-refractivity contribution in [1.82, 2.24) is 0 Å². The number of primary amides is 1. The van der Waals surface area contributed by atoms with Gasteiger partial charge in [-0.1, -0.05) is 93.6 Å². The molecule has 0 spiro atoms. The number of fused-ring (bicyclic) bond motifs is 2. The second-order valence-corrected chi connectivity index (χ2v) is 11.0. The van der Waals surface area contributed by atoms with Crippen LogP contribution in [0, 0.1) is 0 Å². The number of nitrogens with two attached hydrogens (primary N) is 1. The van der Waals surface area contributed by atoms with E-state index in [-0.39, 0.29) is 12.0 Å². The molecule has 0 bridgehead atoms. The summed E-state index contributed by atoms with van der Waals surface area (Å²) in [5.41, 5.74) is 11.3. The maximum atomic E-state index is 13.4. The van der Waals surface area contributed by atoms with Gasteiger partial charge in [-0.2, -0.15) is 0 Å². The van der Waals surface area contributed by atoms with Crippen LogP contribution in [-0.2, 0) is 28.0 Å². The second-order valence-electron chi connectivity index (χ2n) is 11.0. The van der Waals surface area contributed by atoms with Crippen LogP contribution >= 0.6 is 0 Å². The molecule has 0 saturated heterocycles. The van der Waals surface area contributed by atoms with E-state index in [2.05, 4.69) is 32.9 Å². The molecule has 194 valence electrons. The third-order valence-corrected chi connectivity index (χ3v) is 7.33. The van der Waals surface area contributed by atoms with Gasteiger partial charge in [0.1, 0.15) is 12.6 Å². The Bertz CT molecular complexity index is 1480. The van der Waals surface area contributed by atoms with E-state index >= 15 is 0 Å². The zero-order chi connectivity index (χ0) is 26.9. The first-order valence-corrected chi connectivity index (χ1v) is 13.2. The predicted molar refractivity (Wildman–Crippen MR) is 152 cm³/mol. The zero-order valence-electron chi connectivity index (χ0n) is 22.2. The van der Waals surface area contributed by atoms with Crippen molar-refractivity contribution in [3.05, 3.63) is 113 Å². The van der Waals surface area contributed by atoms with Gasteiger partial charge in [0.2, 0.25) is 5.91 Å². The molecule has 0 aliphatic carbocycles. The molecular weight excluding hydrogens is 472 g/mol. The van der Waals surface area contributed by atoms with Gasteiger partial charge in [0.15, 0.2) is 0 Å². The SMILES string of the molecule is CC(C)(C)c1ccc(COC(=O)c2cccc3c2N(C(C(N)=O)c2ccc4ccccc4c2)CCC3)cc1. The number of aryl methyl sites for hydroxylation is 1. The second kappa shape index (κ2) is 10.3. The maximum Gasteiger partial charge on any atom is 0.340 e. The fourth-order valence-electron chi connectivity index (χ4n) is 5.31. The number of carbonyl (C=O) groups excluding carboxylic acids is 2. The molecule has 5 nitrogen and oxygen atoms in total. The molecule has 1 amide bonds. The van der Waals surface area contributed by atoms with Crippen molar-refractivity contribution in [3.8, 4) is 0 Å². The van der Waals surface area contributed by atoms with E-state index in [0.717, 1.165) is 46.0 Å². The van der Waals surface area contributed by atoms with Gasteiger partial charge >= 0.3 is 5.97 Å². The minimum atomic E-state index is -0.697. The first-order valence-electron chi connectivity index (χ1n) is 13.2. The van der Waals surface area contributed by atoms with Crippen molar-refractivity contribution < 1.29 is 14.3 Å². The van der Waals surface area contributed by atoms with Crippen molar-refractivity contribution in [2.75, 3.05) is 11.4 Å². The van der Waals surface area contributed by atoms with Crippen LogP contribution in [0.15, 0.2) is 84.9 Å². The van der Waals surface area contributed by atoms with Crippen molar-refractivity contribution >= 4 is 28.3 Å². The Morgan fingerprint density at radius 3 is 2.37 bits per heavy atom. The molecule has 0 saturated carbocycles. The van der Waals surface area contributed by atoms with E-state index in [9.17, 15) is 9.59 Å². The monoisotopic (exact) mass is 506 g/mol. The van der Waals surface area contributed by atoms with Gasteiger partial charge < -0.3 is 15.4 Å². The summed E-state index contributed by atoms with van der Waals surface area (Å²) in [6, 6.07) is 27.2. The Balaban J connectivity index is 1.45. The quantitative estimate of drug-likeness (QED) is 0.304. The smallest absolute Gasteiger partial charge is 0.340 e. The molecule has 38 heavy (non-hydrogen) atoms. The van der Waals surface area contributed by atoms with Crippen LogP contribution in [0.5, 0.6) is 0 Å². The number of esters is 1. The number of benzene rings is 4. The number of carbonyl (C=O) groups is 2. The minimum absolute atomic E-state index is 0.0593. The molecule has 1 heterocycles. The summed E-state index contributed by atoms with van der Waals surface area (Å²) in [4.78, 5) is 28.3.